The average Bonchev–Trinajstić information content (AvgIpc) is 2.48. The summed E-state index contributed by atoms with van der Waals surface area (Å²) < 4.78 is 6.91. The Morgan fingerprint density at radius 2 is 2.05 bits per heavy atom. The van der Waals surface area contributed by atoms with Crippen LogP contribution in [-0.4, -0.2) is 37.7 Å². The second-order valence-electron chi connectivity index (χ2n) is 4.94. The van der Waals surface area contributed by atoms with Crippen molar-refractivity contribution in [3.05, 3.63) is 40.9 Å². The highest BCUT2D eigenvalue weighted by molar-refractivity contribution is 9.10. The van der Waals surface area contributed by atoms with Crippen molar-refractivity contribution in [2.75, 3.05) is 32.8 Å². The average molecular weight is 412 g/mol. The van der Waals surface area contributed by atoms with E-state index in [1.54, 1.807) is 0 Å². The van der Waals surface area contributed by atoms with Crippen LogP contribution in [0.5, 0.6) is 5.75 Å². The van der Waals surface area contributed by atoms with Crippen LogP contribution in [0.15, 0.2) is 35.3 Å². The lowest BCUT2D eigenvalue weighted by atomic mass is 10.00. The molecule has 1 aliphatic heterocycles. The van der Waals surface area contributed by atoms with Crippen molar-refractivity contribution in [1.29, 1.82) is 0 Å². The summed E-state index contributed by atoms with van der Waals surface area (Å²) in [7, 11) is 0. The number of rotatable bonds is 6. The predicted molar refractivity (Wildman–Crippen MR) is 102 cm³/mol. The number of nitrogens with one attached hydrogen (secondary N) is 1. The molecule has 1 atom stereocenters. The fraction of sp³-hybridized carbons (Fsp3) is 0.500. The molecule has 6 heteroatoms. The minimum absolute atomic E-state index is 0. The zero-order chi connectivity index (χ0) is 14.4. The molecule has 1 aromatic rings. The molecule has 0 unspecified atom stereocenters. The Kier molecular flexibility index (Phi) is 11.2. The molecule has 2 rings (SSSR count). The first-order valence-corrected chi connectivity index (χ1v) is 8.03. The number of hydrogen-bond donors (Lipinski definition) is 1. The lowest BCUT2D eigenvalue weighted by molar-refractivity contribution is 0.170. The first-order chi connectivity index (χ1) is 9.76. The van der Waals surface area contributed by atoms with Crippen molar-refractivity contribution in [2.45, 2.75) is 19.4 Å². The molecule has 0 spiro atoms. The number of halogens is 3. The number of nitrogens with zero attached hydrogens (tertiary/aromatic N) is 1. The van der Waals surface area contributed by atoms with E-state index in [-0.39, 0.29) is 24.8 Å². The lowest BCUT2D eigenvalue weighted by Crippen LogP contribution is -2.45. The van der Waals surface area contributed by atoms with Crippen LogP contribution in [-0.2, 0) is 0 Å². The van der Waals surface area contributed by atoms with Gasteiger partial charge in [-0.1, -0.05) is 22.0 Å². The molecule has 1 fully saturated rings. The summed E-state index contributed by atoms with van der Waals surface area (Å²) >= 11 is 3.58. The minimum Gasteiger partial charge on any atom is -0.494 e. The molecule has 3 nitrogen and oxygen atoms in total. The minimum atomic E-state index is 0. The van der Waals surface area contributed by atoms with Crippen molar-refractivity contribution in [3.8, 4) is 5.75 Å². The Balaban J connectivity index is 0.00000220. The second kappa shape index (κ2) is 11.3. The van der Waals surface area contributed by atoms with Crippen LogP contribution < -0.4 is 10.1 Å². The van der Waals surface area contributed by atoms with Gasteiger partial charge in [0.25, 0.3) is 0 Å². The monoisotopic (exact) mass is 410 g/mol. The lowest BCUT2D eigenvalue weighted by Gasteiger charge is -2.35. The van der Waals surface area contributed by atoms with E-state index in [1.165, 1.54) is 5.56 Å². The Bertz CT molecular complexity index is 454. The maximum absolute atomic E-state index is 5.81. The van der Waals surface area contributed by atoms with Crippen molar-refractivity contribution >= 4 is 40.7 Å². The van der Waals surface area contributed by atoms with Gasteiger partial charge >= 0.3 is 0 Å². The van der Waals surface area contributed by atoms with E-state index in [4.69, 9.17) is 4.74 Å². The molecule has 0 aliphatic carbocycles. The van der Waals surface area contributed by atoms with Crippen LogP contribution in [0.2, 0.25) is 0 Å². The molecule has 1 aromatic carbocycles. The highest BCUT2D eigenvalue weighted by atomic mass is 79.9. The van der Waals surface area contributed by atoms with E-state index < -0.39 is 0 Å². The fourth-order valence-corrected chi connectivity index (χ4v) is 3.07. The van der Waals surface area contributed by atoms with Crippen LogP contribution in [0.25, 0.3) is 0 Å². The summed E-state index contributed by atoms with van der Waals surface area (Å²) in [5, 5.41) is 3.41. The number of ether oxygens (including phenoxy) is 1. The Labute approximate surface area is 154 Å². The zero-order valence-electron chi connectivity index (χ0n) is 12.9. The molecular formula is C16H25BrCl2N2O. The van der Waals surface area contributed by atoms with Crippen molar-refractivity contribution < 1.29 is 4.74 Å². The summed E-state index contributed by atoms with van der Waals surface area (Å²) in [6, 6.07) is 6.62. The highest BCUT2D eigenvalue weighted by Crippen LogP contribution is 2.34. The maximum atomic E-state index is 5.81. The van der Waals surface area contributed by atoms with Gasteiger partial charge in [-0.3, -0.25) is 4.90 Å². The third-order valence-corrected chi connectivity index (χ3v) is 4.11. The highest BCUT2D eigenvalue weighted by Gasteiger charge is 2.24. The molecule has 22 heavy (non-hydrogen) atoms. The Hall–Kier alpha value is -0.260. The Morgan fingerprint density at radius 3 is 2.64 bits per heavy atom. The molecule has 1 aliphatic rings. The van der Waals surface area contributed by atoms with Crippen molar-refractivity contribution in [2.24, 2.45) is 0 Å². The van der Waals surface area contributed by atoms with E-state index in [1.807, 2.05) is 19.1 Å². The van der Waals surface area contributed by atoms with Crippen LogP contribution in [0.4, 0.5) is 0 Å². The smallest absolute Gasteiger partial charge is 0.124 e. The van der Waals surface area contributed by atoms with Gasteiger partial charge in [-0.2, -0.15) is 0 Å². The van der Waals surface area contributed by atoms with Gasteiger partial charge in [0, 0.05) is 42.3 Å². The van der Waals surface area contributed by atoms with Gasteiger partial charge in [0.15, 0.2) is 0 Å². The van der Waals surface area contributed by atoms with E-state index in [0.29, 0.717) is 12.6 Å². The summed E-state index contributed by atoms with van der Waals surface area (Å²) in [4.78, 5) is 2.52. The second-order valence-corrected chi connectivity index (χ2v) is 5.86. The number of piperazine rings is 1. The molecule has 126 valence electrons. The van der Waals surface area contributed by atoms with Crippen LogP contribution in [0.1, 0.15) is 24.9 Å². The quantitative estimate of drug-likeness (QED) is 0.709. The molecule has 1 heterocycles. The molecule has 0 saturated carbocycles. The van der Waals surface area contributed by atoms with Gasteiger partial charge in [0.05, 0.1) is 6.61 Å². The molecule has 0 radical (unpaired) electrons. The molecule has 1 N–H and O–H groups in total. The fourth-order valence-electron chi connectivity index (χ4n) is 2.69. The summed E-state index contributed by atoms with van der Waals surface area (Å²) in [5.41, 5.74) is 1.25. The van der Waals surface area contributed by atoms with Crippen LogP contribution in [0, 0.1) is 0 Å². The van der Waals surface area contributed by atoms with E-state index in [0.717, 1.165) is 42.8 Å². The van der Waals surface area contributed by atoms with E-state index >= 15 is 0 Å². The van der Waals surface area contributed by atoms with Gasteiger partial charge in [0.1, 0.15) is 5.75 Å². The van der Waals surface area contributed by atoms with Crippen LogP contribution in [0.3, 0.4) is 0 Å². The van der Waals surface area contributed by atoms with Gasteiger partial charge in [-0.25, -0.2) is 0 Å². The van der Waals surface area contributed by atoms with E-state index in [2.05, 4.69) is 44.9 Å². The van der Waals surface area contributed by atoms with Crippen LogP contribution >= 0.6 is 40.7 Å². The molecular weight excluding hydrogens is 387 g/mol. The largest absolute Gasteiger partial charge is 0.494 e. The van der Waals surface area contributed by atoms with E-state index in [9.17, 15) is 0 Å². The molecule has 1 saturated heterocycles. The topological polar surface area (TPSA) is 24.5 Å². The van der Waals surface area contributed by atoms with Crippen molar-refractivity contribution in [1.82, 2.24) is 10.2 Å². The third-order valence-electron chi connectivity index (χ3n) is 3.61. The normalized spacial score (nSPS) is 16.1. The SMILES string of the molecule is C=CC[C@H](c1cc(Br)ccc1OCC)N1CCNCC1.Cl.Cl. The molecule has 0 bridgehead atoms. The number of hydrogen-bond acceptors (Lipinski definition) is 3. The van der Waals surface area contributed by atoms with Gasteiger partial charge < -0.3 is 10.1 Å². The first kappa shape index (κ1) is 21.7. The zero-order valence-corrected chi connectivity index (χ0v) is 16.1. The summed E-state index contributed by atoms with van der Waals surface area (Å²) in [6.07, 6.45) is 2.94. The van der Waals surface area contributed by atoms with Gasteiger partial charge in [0.2, 0.25) is 0 Å². The molecule has 0 amide bonds. The molecule has 0 aromatic heterocycles. The van der Waals surface area contributed by atoms with Crippen molar-refractivity contribution in [3.63, 3.8) is 0 Å². The van der Waals surface area contributed by atoms with Gasteiger partial charge in [-0.05, 0) is 31.5 Å². The standard InChI is InChI=1S/C16H23BrN2O.2ClH/c1-3-5-15(19-10-8-18-9-11-19)14-12-13(17)6-7-16(14)20-4-2;;/h3,6-7,12,15,18H,1,4-5,8-11H2,2H3;2*1H/t15-;;/m1../s1. The maximum Gasteiger partial charge on any atom is 0.124 e. The van der Waals surface area contributed by atoms with Gasteiger partial charge in [-0.15, -0.1) is 31.4 Å². The predicted octanol–water partition coefficient (Wildman–Crippen LogP) is 4.21. The third kappa shape index (κ3) is 5.74. The Morgan fingerprint density at radius 1 is 1.36 bits per heavy atom. The number of benzene rings is 1. The summed E-state index contributed by atoms with van der Waals surface area (Å²) in [6.45, 7) is 10.9. The summed E-state index contributed by atoms with van der Waals surface area (Å²) in [5.74, 6) is 0.987. The first-order valence-electron chi connectivity index (χ1n) is 7.24.